The van der Waals surface area contributed by atoms with Crippen molar-refractivity contribution in [3.8, 4) is 6.19 Å². The first-order chi connectivity index (χ1) is 11.6. The Morgan fingerprint density at radius 1 is 1.42 bits per heavy atom. The van der Waals surface area contributed by atoms with Crippen molar-refractivity contribution in [3.05, 3.63) is 29.6 Å². The van der Waals surface area contributed by atoms with Gasteiger partial charge in [-0.1, -0.05) is 0 Å². The summed E-state index contributed by atoms with van der Waals surface area (Å²) in [5.41, 5.74) is 0.797. The van der Waals surface area contributed by atoms with Crippen LogP contribution in [0.15, 0.2) is 18.2 Å². The normalized spacial score (nSPS) is 23.9. The van der Waals surface area contributed by atoms with E-state index in [0.29, 0.717) is 44.0 Å². The summed E-state index contributed by atoms with van der Waals surface area (Å²) in [5.74, 6) is -0.706. The zero-order chi connectivity index (χ0) is 17.1. The third kappa shape index (κ3) is 3.60. The van der Waals surface area contributed by atoms with Crippen molar-refractivity contribution in [2.24, 2.45) is 0 Å². The molecule has 0 spiro atoms. The fourth-order valence-corrected chi connectivity index (χ4v) is 3.18. The molecule has 0 radical (unpaired) electrons. The smallest absolute Gasteiger partial charge is 0.251 e. The predicted octanol–water partition coefficient (Wildman–Crippen LogP) is 1.34. The standard InChI is InChI=1S/C17H21FN4O2/c1-12-9-22(6-7-24-12)16-3-2-13(8-15(16)18)17(23)20-14-4-5-21(10-14)11-19/h2-3,8,12,14H,4-7,9-10H2,1H3,(H,20,23)/t12?,14-/m1/s1. The van der Waals surface area contributed by atoms with Crippen molar-refractivity contribution >= 4 is 11.6 Å². The molecule has 2 fully saturated rings. The van der Waals surface area contributed by atoms with E-state index >= 15 is 0 Å². The maximum absolute atomic E-state index is 14.4. The lowest BCUT2D eigenvalue weighted by molar-refractivity contribution is 0.0530. The van der Waals surface area contributed by atoms with Crippen LogP contribution in [0.4, 0.5) is 10.1 Å². The Labute approximate surface area is 140 Å². The molecule has 0 saturated carbocycles. The molecule has 2 saturated heterocycles. The minimum Gasteiger partial charge on any atom is -0.375 e. The molecule has 0 aliphatic carbocycles. The Balaban J connectivity index is 1.66. The molecule has 1 aromatic rings. The van der Waals surface area contributed by atoms with Crippen LogP contribution in [0.2, 0.25) is 0 Å². The van der Waals surface area contributed by atoms with Gasteiger partial charge in [0.1, 0.15) is 5.82 Å². The third-order valence-electron chi connectivity index (χ3n) is 4.46. The summed E-state index contributed by atoms with van der Waals surface area (Å²) in [6, 6.07) is 4.51. The van der Waals surface area contributed by atoms with Gasteiger partial charge in [-0.3, -0.25) is 4.79 Å². The maximum atomic E-state index is 14.4. The Kier molecular flexibility index (Phi) is 4.86. The Hall–Kier alpha value is -2.33. The number of nitrogens with zero attached hydrogens (tertiary/aromatic N) is 3. The molecule has 1 unspecified atom stereocenters. The minimum atomic E-state index is -0.401. The van der Waals surface area contributed by atoms with Gasteiger partial charge < -0.3 is 19.9 Å². The second kappa shape index (κ2) is 7.05. The monoisotopic (exact) mass is 332 g/mol. The molecule has 0 aromatic heterocycles. The van der Waals surface area contributed by atoms with Gasteiger partial charge in [-0.15, -0.1) is 0 Å². The molecule has 1 amide bonds. The van der Waals surface area contributed by atoms with E-state index < -0.39 is 5.82 Å². The quantitative estimate of drug-likeness (QED) is 0.846. The van der Waals surface area contributed by atoms with Gasteiger partial charge in [-0.05, 0) is 31.5 Å². The van der Waals surface area contributed by atoms with Gasteiger partial charge in [-0.25, -0.2) is 4.39 Å². The molecule has 2 aliphatic heterocycles. The number of carbonyl (C=O) groups excluding carboxylic acids is 1. The van der Waals surface area contributed by atoms with E-state index in [1.165, 1.54) is 6.07 Å². The summed E-state index contributed by atoms with van der Waals surface area (Å²) in [6.07, 6.45) is 2.86. The number of carbonyl (C=O) groups is 1. The minimum absolute atomic E-state index is 0.0616. The summed E-state index contributed by atoms with van der Waals surface area (Å²) in [4.78, 5) is 15.8. The number of hydrogen-bond acceptors (Lipinski definition) is 5. The highest BCUT2D eigenvalue weighted by atomic mass is 19.1. The molecule has 1 aromatic carbocycles. The molecule has 0 bridgehead atoms. The first-order valence-corrected chi connectivity index (χ1v) is 8.18. The molecular weight excluding hydrogens is 311 g/mol. The number of morpholine rings is 1. The Bertz CT molecular complexity index is 660. The summed E-state index contributed by atoms with van der Waals surface area (Å²) < 4.78 is 19.9. The van der Waals surface area contributed by atoms with Crippen LogP contribution in [0, 0.1) is 17.3 Å². The largest absolute Gasteiger partial charge is 0.375 e. The highest BCUT2D eigenvalue weighted by molar-refractivity contribution is 5.94. The predicted molar refractivity (Wildman–Crippen MR) is 87.1 cm³/mol. The lowest BCUT2D eigenvalue weighted by Crippen LogP contribution is -2.41. The van der Waals surface area contributed by atoms with E-state index in [0.717, 1.165) is 6.42 Å². The van der Waals surface area contributed by atoms with Gasteiger partial charge in [0.15, 0.2) is 6.19 Å². The van der Waals surface area contributed by atoms with Crippen LogP contribution in [-0.2, 0) is 4.74 Å². The molecule has 128 valence electrons. The van der Waals surface area contributed by atoms with Crippen LogP contribution in [0.3, 0.4) is 0 Å². The average molecular weight is 332 g/mol. The molecule has 1 N–H and O–H groups in total. The molecule has 3 rings (SSSR count). The van der Waals surface area contributed by atoms with Crippen LogP contribution in [-0.4, -0.2) is 55.7 Å². The lowest BCUT2D eigenvalue weighted by atomic mass is 10.1. The van der Waals surface area contributed by atoms with Gasteiger partial charge in [0.05, 0.1) is 18.4 Å². The number of anilines is 1. The number of nitriles is 1. The van der Waals surface area contributed by atoms with Crippen LogP contribution in [0.1, 0.15) is 23.7 Å². The fourth-order valence-electron chi connectivity index (χ4n) is 3.18. The van der Waals surface area contributed by atoms with Gasteiger partial charge in [0, 0.05) is 37.8 Å². The SMILES string of the molecule is CC1CN(c2ccc(C(=O)N[C@@H]3CCN(C#N)C3)cc2F)CCO1. The van der Waals surface area contributed by atoms with Crippen molar-refractivity contribution in [2.45, 2.75) is 25.5 Å². The van der Waals surface area contributed by atoms with Crippen LogP contribution >= 0.6 is 0 Å². The number of ether oxygens (including phenoxy) is 1. The van der Waals surface area contributed by atoms with Crippen molar-refractivity contribution in [1.29, 1.82) is 5.26 Å². The van der Waals surface area contributed by atoms with Crippen molar-refractivity contribution in [2.75, 3.05) is 37.7 Å². The number of nitrogens with one attached hydrogen (secondary N) is 1. The van der Waals surface area contributed by atoms with Crippen LogP contribution in [0.25, 0.3) is 0 Å². The van der Waals surface area contributed by atoms with E-state index in [9.17, 15) is 9.18 Å². The number of benzene rings is 1. The van der Waals surface area contributed by atoms with E-state index in [-0.39, 0.29) is 18.1 Å². The van der Waals surface area contributed by atoms with E-state index in [2.05, 4.69) is 11.5 Å². The highest BCUT2D eigenvalue weighted by Gasteiger charge is 2.24. The van der Waals surface area contributed by atoms with Gasteiger partial charge in [-0.2, -0.15) is 5.26 Å². The summed E-state index contributed by atoms with van der Waals surface area (Å²) in [6.45, 7) is 4.95. The molecule has 7 heteroatoms. The van der Waals surface area contributed by atoms with E-state index in [1.54, 1.807) is 17.0 Å². The van der Waals surface area contributed by atoms with Crippen LogP contribution < -0.4 is 10.2 Å². The lowest BCUT2D eigenvalue weighted by Gasteiger charge is -2.33. The molecule has 2 atom stereocenters. The zero-order valence-corrected chi connectivity index (χ0v) is 13.7. The van der Waals surface area contributed by atoms with Gasteiger partial charge >= 0.3 is 0 Å². The number of likely N-dealkylation sites (tertiary alicyclic amines) is 1. The number of halogens is 1. The van der Waals surface area contributed by atoms with Crippen molar-refractivity contribution in [1.82, 2.24) is 10.2 Å². The summed E-state index contributed by atoms with van der Waals surface area (Å²) in [7, 11) is 0. The Morgan fingerprint density at radius 3 is 2.92 bits per heavy atom. The third-order valence-corrected chi connectivity index (χ3v) is 4.46. The number of amides is 1. The first kappa shape index (κ1) is 16.5. The number of hydrogen-bond donors (Lipinski definition) is 1. The molecule has 6 nitrogen and oxygen atoms in total. The topological polar surface area (TPSA) is 68.6 Å². The highest BCUT2D eigenvalue weighted by Crippen LogP contribution is 2.23. The summed E-state index contributed by atoms with van der Waals surface area (Å²) >= 11 is 0. The average Bonchev–Trinajstić information content (AvgIpc) is 3.02. The van der Waals surface area contributed by atoms with Gasteiger partial charge in [0.2, 0.25) is 0 Å². The zero-order valence-electron chi connectivity index (χ0n) is 13.7. The van der Waals surface area contributed by atoms with Crippen molar-refractivity contribution in [3.63, 3.8) is 0 Å². The molecular formula is C17H21FN4O2. The molecule has 24 heavy (non-hydrogen) atoms. The molecule has 2 aliphatic rings. The summed E-state index contributed by atoms with van der Waals surface area (Å²) in [5, 5.41) is 11.7. The number of rotatable bonds is 3. The Morgan fingerprint density at radius 2 is 2.25 bits per heavy atom. The van der Waals surface area contributed by atoms with E-state index in [1.807, 2.05) is 11.8 Å². The van der Waals surface area contributed by atoms with Gasteiger partial charge in [0.25, 0.3) is 5.91 Å². The fraction of sp³-hybridized carbons (Fsp3) is 0.529. The second-order valence-electron chi connectivity index (χ2n) is 6.30. The maximum Gasteiger partial charge on any atom is 0.251 e. The van der Waals surface area contributed by atoms with E-state index in [4.69, 9.17) is 10.00 Å². The van der Waals surface area contributed by atoms with Crippen LogP contribution in [0.5, 0.6) is 0 Å². The first-order valence-electron chi connectivity index (χ1n) is 8.18. The molecule has 2 heterocycles. The second-order valence-corrected chi connectivity index (χ2v) is 6.30. The van der Waals surface area contributed by atoms with Crippen molar-refractivity contribution < 1.29 is 13.9 Å².